The third kappa shape index (κ3) is 7.34. The molecule has 0 unspecified atom stereocenters. The molecule has 0 amide bonds. The molecule has 2 N–H and O–H groups in total. The number of hydrogen-bond donors (Lipinski definition) is 2. The number of sulfone groups is 1. The van der Waals surface area contributed by atoms with Gasteiger partial charge in [-0.25, -0.2) is 13.4 Å². The summed E-state index contributed by atoms with van der Waals surface area (Å²) in [5.41, 5.74) is 0. The van der Waals surface area contributed by atoms with E-state index in [4.69, 9.17) is 0 Å². The Morgan fingerprint density at radius 3 is 2.48 bits per heavy atom. The van der Waals surface area contributed by atoms with Gasteiger partial charge < -0.3 is 10.6 Å². The summed E-state index contributed by atoms with van der Waals surface area (Å²) in [4.78, 5) is 9.66. The fraction of sp³-hybridized carbons (Fsp3) is 0.714. The minimum atomic E-state index is -3.12. The first kappa shape index (κ1) is 22.6. The lowest BCUT2D eigenvalue weighted by molar-refractivity contribution is 0.559. The van der Waals surface area contributed by atoms with E-state index in [0.717, 1.165) is 11.4 Å². The largest absolute Gasteiger partial charge is 0.355 e. The van der Waals surface area contributed by atoms with Crippen LogP contribution in [0.2, 0.25) is 0 Å². The number of aryl methyl sites for hydroxylation is 1. The standard InChI is InChI=1S/C14H26N4O2S2.HI/c1-6-11-9-17-12(21-11)10-18-13(15-5)16-7-8-22(19,20)14(2,3)4;/h9H,6-8,10H2,1-5H3,(H2,15,16,18);1H. The maximum Gasteiger partial charge on any atom is 0.191 e. The third-order valence-corrected chi connectivity index (χ3v) is 6.93. The predicted molar refractivity (Wildman–Crippen MR) is 109 cm³/mol. The van der Waals surface area contributed by atoms with Crippen molar-refractivity contribution in [3.8, 4) is 0 Å². The molecule has 0 fully saturated rings. The Labute approximate surface area is 160 Å². The second kappa shape index (κ2) is 9.77. The van der Waals surface area contributed by atoms with Crippen LogP contribution in [0, 0.1) is 0 Å². The van der Waals surface area contributed by atoms with Gasteiger partial charge in [-0.05, 0) is 27.2 Å². The number of aromatic nitrogens is 1. The molecule has 0 radical (unpaired) electrons. The molecule has 134 valence electrons. The van der Waals surface area contributed by atoms with Crippen molar-refractivity contribution in [3.63, 3.8) is 0 Å². The number of nitrogens with zero attached hydrogens (tertiary/aromatic N) is 2. The van der Waals surface area contributed by atoms with Crippen LogP contribution in [-0.4, -0.2) is 43.5 Å². The lowest BCUT2D eigenvalue weighted by atomic mass is 10.3. The highest BCUT2D eigenvalue weighted by molar-refractivity contribution is 14.0. The molecule has 0 atom stereocenters. The van der Waals surface area contributed by atoms with Gasteiger partial charge in [-0.3, -0.25) is 4.99 Å². The lowest BCUT2D eigenvalue weighted by Gasteiger charge is -2.19. The van der Waals surface area contributed by atoms with Crippen LogP contribution in [0.3, 0.4) is 0 Å². The maximum absolute atomic E-state index is 12.0. The van der Waals surface area contributed by atoms with Crippen molar-refractivity contribution < 1.29 is 8.42 Å². The normalized spacial score (nSPS) is 12.7. The van der Waals surface area contributed by atoms with E-state index < -0.39 is 14.6 Å². The molecule has 0 aliphatic heterocycles. The summed E-state index contributed by atoms with van der Waals surface area (Å²) in [5, 5.41) is 7.15. The van der Waals surface area contributed by atoms with E-state index in [1.165, 1.54) is 4.88 Å². The summed E-state index contributed by atoms with van der Waals surface area (Å²) in [6.45, 7) is 8.14. The zero-order valence-corrected chi connectivity index (χ0v) is 18.3. The van der Waals surface area contributed by atoms with Gasteiger partial charge in [0.25, 0.3) is 0 Å². The summed E-state index contributed by atoms with van der Waals surface area (Å²) >= 11 is 1.66. The SMILES string of the molecule is CCc1cnc(CNC(=NC)NCCS(=O)(=O)C(C)(C)C)s1.I. The first-order valence-electron chi connectivity index (χ1n) is 7.30. The molecule has 0 saturated carbocycles. The smallest absolute Gasteiger partial charge is 0.191 e. The van der Waals surface area contributed by atoms with Gasteiger partial charge in [0, 0.05) is 24.7 Å². The van der Waals surface area contributed by atoms with Gasteiger partial charge in [-0.1, -0.05) is 6.92 Å². The van der Waals surface area contributed by atoms with E-state index in [2.05, 4.69) is 27.5 Å². The molecule has 0 aliphatic rings. The van der Waals surface area contributed by atoms with Crippen LogP contribution in [0.5, 0.6) is 0 Å². The van der Waals surface area contributed by atoms with Crippen molar-refractivity contribution in [2.24, 2.45) is 4.99 Å². The summed E-state index contributed by atoms with van der Waals surface area (Å²) in [6.07, 6.45) is 2.86. The monoisotopic (exact) mass is 474 g/mol. The highest BCUT2D eigenvalue weighted by atomic mass is 127. The van der Waals surface area contributed by atoms with Crippen molar-refractivity contribution in [2.75, 3.05) is 19.3 Å². The van der Waals surface area contributed by atoms with E-state index in [1.54, 1.807) is 39.2 Å². The van der Waals surface area contributed by atoms with Crippen molar-refractivity contribution in [2.45, 2.75) is 45.4 Å². The topological polar surface area (TPSA) is 83.4 Å². The molecular formula is C14H27IN4O2S2. The summed E-state index contributed by atoms with van der Waals surface area (Å²) in [7, 11) is -1.46. The Morgan fingerprint density at radius 1 is 1.35 bits per heavy atom. The quantitative estimate of drug-likeness (QED) is 0.375. The van der Waals surface area contributed by atoms with Gasteiger partial charge in [0.2, 0.25) is 0 Å². The average Bonchev–Trinajstić information content (AvgIpc) is 2.89. The van der Waals surface area contributed by atoms with Crippen LogP contribution in [0.25, 0.3) is 0 Å². The molecule has 1 rings (SSSR count). The summed E-state index contributed by atoms with van der Waals surface area (Å²) in [5.74, 6) is 0.659. The molecule has 0 spiro atoms. The molecule has 0 saturated heterocycles. The number of aliphatic imine (C=N–C) groups is 1. The molecule has 1 heterocycles. The fourth-order valence-electron chi connectivity index (χ4n) is 1.58. The molecule has 9 heteroatoms. The number of thiazole rings is 1. The fourth-order valence-corrected chi connectivity index (χ4v) is 3.37. The van der Waals surface area contributed by atoms with E-state index in [9.17, 15) is 8.42 Å². The van der Waals surface area contributed by atoms with E-state index >= 15 is 0 Å². The van der Waals surface area contributed by atoms with Gasteiger partial charge in [-0.15, -0.1) is 35.3 Å². The third-order valence-electron chi connectivity index (χ3n) is 3.18. The maximum atomic E-state index is 12.0. The molecule has 0 bridgehead atoms. The second-order valence-electron chi connectivity index (χ2n) is 5.86. The van der Waals surface area contributed by atoms with Crippen LogP contribution < -0.4 is 10.6 Å². The van der Waals surface area contributed by atoms with Crippen LogP contribution in [0.4, 0.5) is 0 Å². The highest BCUT2D eigenvalue weighted by Crippen LogP contribution is 2.15. The number of nitrogens with one attached hydrogen (secondary N) is 2. The second-order valence-corrected chi connectivity index (χ2v) is 9.92. The van der Waals surface area contributed by atoms with Crippen LogP contribution >= 0.6 is 35.3 Å². The van der Waals surface area contributed by atoms with E-state index in [-0.39, 0.29) is 29.7 Å². The zero-order valence-electron chi connectivity index (χ0n) is 14.3. The minimum absolute atomic E-state index is 0. The number of guanidine groups is 1. The van der Waals surface area contributed by atoms with Crippen LogP contribution in [-0.2, 0) is 22.8 Å². The van der Waals surface area contributed by atoms with Gasteiger partial charge in [-0.2, -0.15) is 0 Å². The van der Waals surface area contributed by atoms with Crippen LogP contribution in [0.15, 0.2) is 11.2 Å². The van der Waals surface area contributed by atoms with Crippen LogP contribution in [0.1, 0.15) is 37.6 Å². The van der Waals surface area contributed by atoms with Gasteiger partial charge >= 0.3 is 0 Å². The minimum Gasteiger partial charge on any atom is -0.355 e. The van der Waals surface area contributed by atoms with Crippen molar-refractivity contribution in [1.82, 2.24) is 15.6 Å². The summed E-state index contributed by atoms with van der Waals surface area (Å²) < 4.78 is 23.3. The Bertz CT molecular complexity index is 607. The van der Waals surface area contributed by atoms with Gasteiger partial charge in [0.1, 0.15) is 5.01 Å². The molecule has 1 aromatic rings. The highest BCUT2D eigenvalue weighted by Gasteiger charge is 2.28. The van der Waals surface area contributed by atoms with Crippen molar-refractivity contribution in [3.05, 3.63) is 16.1 Å². The molecule has 0 aliphatic carbocycles. The Hall–Kier alpha value is -0.420. The molecule has 1 aromatic heterocycles. The van der Waals surface area contributed by atoms with Gasteiger partial charge in [0.15, 0.2) is 15.8 Å². The van der Waals surface area contributed by atoms with E-state index in [0.29, 0.717) is 19.0 Å². The van der Waals surface area contributed by atoms with Crippen molar-refractivity contribution >= 4 is 51.1 Å². The molecule has 23 heavy (non-hydrogen) atoms. The first-order chi connectivity index (χ1) is 10.2. The number of hydrogen-bond acceptors (Lipinski definition) is 5. The van der Waals surface area contributed by atoms with Gasteiger partial charge in [0.05, 0.1) is 17.0 Å². The predicted octanol–water partition coefficient (Wildman–Crippen LogP) is 2.20. The summed E-state index contributed by atoms with van der Waals surface area (Å²) in [6, 6.07) is 0. The number of halogens is 1. The Kier molecular flexibility index (Phi) is 9.60. The molecular weight excluding hydrogens is 447 g/mol. The first-order valence-corrected chi connectivity index (χ1v) is 9.77. The molecule has 0 aromatic carbocycles. The Morgan fingerprint density at radius 2 is 2.00 bits per heavy atom. The average molecular weight is 474 g/mol. The van der Waals surface area contributed by atoms with E-state index in [1.807, 2.05) is 6.20 Å². The van der Waals surface area contributed by atoms with Crippen molar-refractivity contribution in [1.29, 1.82) is 0 Å². The number of rotatable bonds is 6. The zero-order chi connectivity index (χ0) is 16.8. The Balaban J connectivity index is 0.00000484. The molecule has 6 nitrogen and oxygen atoms in total. The lowest BCUT2D eigenvalue weighted by Crippen LogP contribution is -2.41.